The van der Waals surface area contributed by atoms with Crippen LogP contribution in [0.25, 0.3) is 38.8 Å². The second-order valence-corrected chi connectivity index (χ2v) is 5.99. The third-order valence-electron chi connectivity index (χ3n) is 4.55. The van der Waals surface area contributed by atoms with Crippen molar-refractivity contribution in [2.75, 3.05) is 7.11 Å². The molecule has 0 amide bonds. The Kier molecular flexibility index (Phi) is 2.97. The van der Waals surface area contributed by atoms with Crippen molar-refractivity contribution in [1.82, 2.24) is 14.4 Å². The molecule has 0 fully saturated rings. The van der Waals surface area contributed by atoms with Gasteiger partial charge in [-0.25, -0.2) is 9.97 Å². The SMILES string of the molecule is COc1ccc2cc(-c3ccnc4nc5ccccc5n34)ccc2c1. The fourth-order valence-corrected chi connectivity index (χ4v) is 3.32. The quantitative estimate of drug-likeness (QED) is 0.472. The summed E-state index contributed by atoms with van der Waals surface area (Å²) < 4.78 is 7.42. The lowest BCUT2D eigenvalue weighted by molar-refractivity contribution is 0.415. The van der Waals surface area contributed by atoms with E-state index in [9.17, 15) is 0 Å². The van der Waals surface area contributed by atoms with Gasteiger partial charge in [0, 0.05) is 6.20 Å². The van der Waals surface area contributed by atoms with E-state index in [0.29, 0.717) is 5.78 Å². The second kappa shape index (κ2) is 5.31. The minimum absolute atomic E-state index is 0.716. The average molecular weight is 325 g/mol. The van der Waals surface area contributed by atoms with Gasteiger partial charge in [-0.05, 0) is 52.7 Å². The summed E-state index contributed by atoms with van der Waals surface area (Å²) in [5.41, 5.74) is 4.23. The van der Waals surface area contributed by atoms with Gasteiger partial charge in [-0.2, -0.15) is 0 Å². The zero-order chi connectivity index (χ0) is 16.8. The van der Waals surface area contributed by atoms with Gasteiger partial charge < -0.3 is 4.74 Å². The molecule has 2 heterocycles. The van der Waals surface area contributed by atoms with Crippen LogP contribution in [0.2, 0.25) is 0 Å². The Bertz CT molecular complexity index is 1240. The molecule has 0 atom stereocenters. The van der Waals surface area contributed by atoms with E-state index in [1.807, 2.05) is 42.6 Å². The number of nitrogens with zero attached hydrogens (tertiary/aromatic N) is 3. The van der Waals surface area contributed by atoms with E-state index in [4.69, 9.17) is 4.74 Å². The van der Waals surface area contributed by atoms with E-state index >= 15 is 0 Å². The van der Waals surface area contributed by atoms with Crippen LogP contribution in [0.5, 0.6) is 5.75 Å². The first-order chi connectivity index (χ1) is 12.3. The molecule has 2 aromatic heterocycles. The molecule has 120 valence electrons. The van der Waals surface area contributed by atoms with Crippen LogP contribution in [-0.2, 0) is 0 Å². The summed E-state index contributed by atoms with van der Waals surface area (Å²) in [6, 6.07) is 22.7. The summed E-state index contributed by atoms with van der Waals surface area (Å²) in [4.78, 5) is 9.05. The van der Waals surface area contributed by atoms with E-state index < -0.39 is 0 Å². The molecular formula is C21H15N3O. The Hall–Kier alpha value is -3.40. The van der Waals surface area contributed by atoms with Crippen molar-refractivity contribution >= 4 is 27.6 Å². The van der Waals surface area contributed by atoms with Crippen LogP contribution >= 0.6 is 0 Å². The molecule has 25 heavy (non-hydrogen) atoms. The van der Waals surface area contributed by atoms with Crippen LogP contribution in [-0.4, -0.2) is 21.5 Å². The molecule has 4 heteroatoms. The molecule has 0 saturated heterocycles. The highest BCUT2D eigenvalue weighted by Crippen LogP contribution is 2.29. The van der Waals surface area contributed by atoms with Crippen LogP contribution in [0, 0.1) is 0 Å². The highest BCUT2D eigenvalue weighted by molar-refractivity contribution is 5.89. The summed E-state index contributed by atoms with van der Waals surface area (Å²) in [6.07, 6.45) is 1.81. The first-order valence-corrected chi connectivity index (χ1v) is 8.14. The van der Waals surface area contributed by atoms with Gasteiger partial charge in [0.15, 0.2) is 0 Å². The maximum Gasteiger partial charge on any atom is 0.235 e. The number of aromatic nitrogens is 3. The van der Waals surface area contributed by atoms with E-state index in [-0.39, 0.29) is 0 Å². The van der Waals surface area contributed by atoms with Crippen molar-refractivity contribution in [2.45, 2.75) is 0 Å². The fourth-order valence-electron chi connectivity index (χ4n) is 3.32. The van der Waals surface area contributed by atoms with Crippen molar-refractivity contribution in [3.8, 4) is 17.0 Å². The van der Waals surface area contributed by atoms with Gasteiger partial charge in [-0.3, -0.25) is 4.40 Å². The molecule has 5 aromatic rings. The molecule has 0 aliphatic heterocycles. The molecule has 0 radical (unpaired) electrons. The molecule has 0 spiro atoms. The molecule has 0 N–H and O–H groups in total. The molecule has 5 rings (SSSR count). The van der Waals surface area contributed by atoms with Crippen molar-refractivity contribution < 1.29 is 4.74 Å². The van der Waals surface area contributed by atoms with Crippen molar-refractivity contribution in [3.05, 3.63) is 72.9 Å². The highest BCUT2D eigenvalue weighted by atomic mass is 16.5. The largest absolute Gasteiger partial charge is 0.497 e. The Morgan fingerprint density at radius 1 is 0.880 bits per heavy atom. The maximum absolute atomic E-state index is 5.31. The van der Waals surface area contributed by atoms with Crippen molar-refractivity contribution in [2.24, 2.45) is 0 Å². The van der Waals surface area contributed by atoms with Crippen LogP contribution in [0.4, 0.5) is 0 Å². The molecule has 3 aromatic carbocycles. The summed E-state index contributed by atoms with van der Waals surface area (Å²) in [7, 11) is 1.69. The Labute approximate surface area is 144 Å². The lowest BCUT2D eigenvalue weighted by Gasteiger charge is -2.08. The van der Waals surface area contributed by atoms with Gasteiger partial charge in [0.05, 0.1) is 23.8 Å². The molecular weight excluding hydrogens is 310 g/mol. The summed E-state index contributed by atoms with van der Waals surface area (Å²) >= 11 is 0. The van der Waals surface area contributed by atoms with E-state index in [1.165, 1.54) is 5.39 Å². The van der Waals surface area contributed by atoms with Crippen molar-refractivity contribution in [3.63, 3.8) is 0 Å². The zero-order valence-corrected chi connectivity index (χ0v) is 13.7. The smallest absolute Gasteiger partial charge is 0.235 e. The van der Waals surface area contributed by atoms with Crippen molar-refractivity contribution in [1.29, 1.82) is 0 Å². The molecule has 0 saturated carbocycles. The number of methoxy groups -OCH3 is 1. The number of imidazole rings is 1. The number of hydrogen-bond donors (Lipinski definition) is 0. The third kappa shape index (κ3) is 2.15. The van der Waals surface area contributed by atoms with Gasteiger partial charge in [0.25, 0.3) is 0 Å². The topological polar surface area (TPSA) is 39.4 Å². The van der Waals surface area contributed by atoms with Gasteiger partial charge in [-0.15, -0.1) is 0 Å². The Morgan fingerprint density at radius 2 is 1.72 bits per heavy atom. The van der Waals surface area contributed by atoms with Crippen LogP contribution in [0.1, 0.15) is 0 Å². The van der Waals surface area contributed by atoms with E-state index in [1.54, 1.807) is 7.11 Å². The minimum atomic E-state index is 0.716. The predicted molar refractivity (Wildman–Crippen MR) is 100.0 cm³/mol. The summed E-state index contributed by atoms with van der Waals surface area (Å²) in [6.45, 7) is 0. The summed E-state index contributed by atoms with van der Waals surface area (Å²) in [5.74, 6) is 1.58. The maximum atomic E-state index is 5.31. The van der Waals surface area contributed by atoms with E-state index in [0.717, 1.165) is 33.4 Å². The molecule has 0 aliphatic carbocycles. The predicted octanol–water partition coefficient (Wildman–Crippen LogP) is 4.71. The van der Waals surface area contributed by atoms with Gasteiger partial charge in [0.2, 0.25) is 5.78 Å². The first-order valence-electron chi connectivity index (χ1n) is 8.14. The summed E-state index contributed by atoms with van der Waals surface area (Å²) in [5, 5.41) is 2.33. The normalized spacial score (nSPS) is 11.4. The Balaban J connectivity index is 1.79. The number of ether oxygens (including phenoxy) is 1. The molecule has 0 unspecified atom stereocenters. The molecule has 0 aliphatic rings. The number of hydrogen-bond acceptors (Lipinski definition) is 3. The lowest BCUT2D eigenvalue weighted by Crippen LogP contribution is -1.94. The number of fused-ring (bicyclic) bond motifs is 4. The monoisotopic (exact) mass is 325 g/mol. The standard InChI is InChI=1S/C21H15N3O/c1-25-17-9-8-14-12-16(7-6-15(14)13-17)19-10-11-22-21-23-18-4-2-3-5-20(18)24(19)21/h2-13H,1H3. The van der Waals surface area contributed by atoms with E-state index in [2.05, 4.69) is 44.7 Å². The minimum Gasteiger partial charge on any atom is -0.497 e. The third-order valence-corrected chi connectivity index (χ3v) is 4.55. The Morgan fingerprint density at radius 3 is 2.64 bits per heavy atom. The number of rotatable bonds is 2. The molecule has 0 bridgehead atoms. The number of benzene rings is 3. The highest BCUT2D eigenvalue weighted by Gasteiger charge is 2.10. The van der Waals surface area contributed by atoms with Gasteiger partial charge in [0.1, 0.15) is 5.75 Å². The van der Waals surface area contributed by atoms with Gasteiger partial charge >= 0.3 is 0 Å². The second-order valence-electron chi connectivity index (χ2n) is 5.99. The first kappa shape index (κ1) is 14.0. The fraction of sp³-hybridized carbons (Fsp3) is 0.0476. The number of para-hydroxylation sites is 2. The van der Waals surface area contributed by atoms with Crippen LogP contribution in [0.15, 0.2) is 72.9 Å². The average Bonchev–Trinajstić information content (AvgIpc) is 3.06. The van der Waals surface area contributed by atoms with Gasteiger partial charge in [-0.1, -0.05) is 30.3 Å². The van der Waals surface area contributed by atoms with Crippen LogP contribution in [0.3, 0.4) is 0 Å². The zero-order valence-electron chi connectivity index (χ0n) is 13.7. The molecule has 4 nitrogen and oxygen atoms in total. The van der Waals surface area contributed by atoms with Crippen LogP contribution < -0.4 is 4.74 Å². The lowest BCUT2D eigenvalue weighted by atomic mass is 10.0.